The highest BCUT2D eigenvalue weighted by Gasteiger charge is 2.21. The van der Waals surface area contributed by atoms with Crippen molar-refractivity contribution in [2.75, 3.05) is 32.8 Å². The van der Waals surface area contributed by atoms with Crippen LogP contribution in [-0.2, 0) is 4.74 Å². The van der Waals surface area contributed by atoms with E-state index in [9.17, 15) is 0 Å². The lowest BCUT2D eigenvalue weighted by Crippen LogP contribution is -2.50. The van der Waals surface area contributed by atoms with Crippen LogP contribution >= 0.6 is 12.2 Å². The van der Waals surface area contributed by atoms with E-state index in [4.69, 9.17) is 22.1 Å². The molecule has 1 heterocycles. The second-order valence-electron chi connectivity index (χ2n) is 4.20. The Morgan fingerprint density at radius 2 is 2.40 bits per heavy atom. The molecule has 0 radical (unpaired) electrons. The van der Waals surface area contributed by atoms with Crippen LogP contribution < -0.4 is 5.32 Å². The number of hydrogen-bond donors (Lipinski definition) is 2. The zero-order valence-corrected chi connectivity index (χ0v) is 10.2. The molecule has 88 valence electrons. The van der Waals surface area contributed by atoms with E-state index in [2.05, 4.69) is 24.1 Å². The average Bonchev–Trinajstić information content (AvgIpc) is 2.26. The largest absolute Gasteiger partial charge is 0.394 e. The molecule has 0 aromatic rings. The van der Waals surface area contributed by atoms with Crippen LogP contribution in [0, 0.1) is 5.92 Å². The minimum absolute atomic E-state index is 0.0588. The van der Waals surface area contributed by atoms with Gasteiger partial charge in [-0.15, -0.1) is 0 Å². The van der Waals surface area contributed by atoms with Crippen molar-refractivity contribution in [3.63, 3.8) is 0 Å². The number of hydrogen-bond acceptors (Lipinski definition) is 3. The van der Waals surface area contributed by atoms with Crippen molar-refractivity contribution in [3.8, 4) is 0 Å². The van der Waals surface area contributed by atoms with Gasteiger partial charge in [0.15, 0.2) is 5.11 Å². The summed E-state index contributed by atoms with van der Waals surface area (Å²) >= 11 is 5.27. The Kier molecular flexibility index (Phi) is 5.28. The van der Waals surface area contributed by atoms with Crippen LogP contribution in [0.5, 0.6) is 0 Å². The first kappa shape index (κ1) is 12.7. The summed E-state index contributed by atoms with van der Waals surface area (Å²) < 4.78 is 5.35. The van der Waals surface area contributed by atoms with Crippen molar-refractivity contribution in [2.45, 2.75) is 20.0 Å². The van der Waals surface area contributed by atoms with Crippen LogP contribution in [0.15, 0.2) is 0 Å². The van der Waals surface area contributed by atoms with Crippen LogP contribution in [0.1, 0.15) is 13.8 Å². The molecule has 0 aliphatic carbocycles. The van der Waals surface area contributed by atoms with Gasteiger partial charge in [-0.2, -0.15) is 0 Å². The predicted octanol–water partition coefficient (Wildman–Crippen LogP) is 0.210. The first-order valence-corrected chi connectivity index (χ1v) is 5.79. The zero-order valence-electron chi connectivity index (χ0n) is 9.40. The SMILES string of the molecule is CC(C)CNC(=S)N1CCOC(CO)C1. The molecule has 2 N–H and O–H groups in total. The lowest BCUT2D eigenvalue weighted by Gasteiger charge is -2.34. The van der Waals surface area contributed by atoms with Crippen molar-refractivity contribution in [3.05, 3.63) is 0 Å². The Hall–Kier alpha value is -0.390. The highest BCUT2D eigenvalue weighted by Crippen LogP contribution is 2.05. The monoisotopic (exact) mass is 232 g/mol. The lowest BCUT2D eigenvalue weighted by molar-refractivity contribution is -0.0342. The molecule has 15 heavy (non-hydrogen) atoms. The Balaban J connectivity index is 2.32. The standard InChI is InChI=1S/C10H20N2O2S/c1-8(2)5-11-10(15)12-3-4-14-9(6-12)7-13/h8-9,13H,3-7H2,1-2H3,(H,11,15). The Morgan fingerprint density at radius 1 is 1.67 bits per heavy atom. The third kappa shape index (κ3) is 4.32. The lowest BCUT2D eigenvalue weighted by atomic mass is 10.2. The van der Waals surface area contributed by atoms with Gasteiger partial charge in [0, 0.05) is 19.6 Å². The van der Waals surface area contributed by atoms with E-state index < -0.39 is 0 Å². The van der Waals surface area contributed by atoms with E-state index in [1.807, 2.05) is 0 Å². The second-order valence-corrected chi connectivity index (χ2v) is 4.59. The van der Waals surface area contributed by atoms with E-state index in [-0.39, 0.29) is 12.7 Å². The van der Waals surface area contributed by atoms with Crippen molar-refractivity contribution in [1.29, 1.82) is 0 Å². The van der Waals surface area contributed by atoms with Crippen molar-refractivity contribution in [2.24, 2.45) is 5.92 Å². The van der Waals surface area contributed by atoms with Crippen LogP contribution in [0.2, 0.25) is 0 Å². The molecule has 0 amide bonds. The topological polar surface area (TPSA) is 44.7 Å². The molecule has 0 bridgehead atoms. The smallest absolute Gasteiger partial charge is 0.169 e. The zero-order chi connectivity index (χ0) is 11.3. The number of morpholine rings is 1. The minimum atomic E-state index is -0.0995. The molecule has 0 spiro atoms. The third-order valence-electron chi connectivity index (χ3n) is 2.29. The van der Waals surface area contributed by atoms with E-state index in [1.165, 1.54) is 0 Å². The minimum Gasteiger partial charge on any atom is -0.394 e. The molecule has 0 aromatic heterocycles. The molecule has 1 fully saturated rings. The summed E-state index contributed by atoms with van der Waals surface area (Å²) in [7, 11) is 0. The number of nitrogens with zero attached hydrogens (tertiary/aromatic N) is 1. The second kappa shape index (κ2) is 6.25. The molecule has 1 atom stereocenters. The summed E-state index contributed by atoms with van der Waals surface area (Å²) in [5.41, 5.74) is 0. The third-order valence-corrected chi connectivity index (χ3v) is 2.69. The van der Waals surface area contributed by atoms with Gasteiger partial charge in [0.25, 0.3) is 0 Å². The van der Waals surface area contributed by atoms with Gasteiger partial charge in [0.05, 0.1) is 19.3 Å². The molecule has 0 saturated carbocycles. The van der Waals surface area contributed by atoms with Gasteiger partial charge in [0.1, 0.15) is 0 Å². The van der Waals surface area contributed by atoms with Gasteiger partial charge < -0.3 is 20.1 Å². The quantitative estimate of drug-likeness (QED) is 0.681. The summed E-state index contributed by atoms with van der Waals surface area (Å²) in [5, 5.41) is 13.0. The number of nitrogens with one attached hydrogen (secondary N) is 1. The van der Waals surface area contributed by atoms with E-state index in [0.29, 0.717) is 19.1 Å². The van der Waals surface area contributed by atoms with Gasteiger partial charge in [-0.3, -0.25) is 0 Å². The maximum absolute atomic E-state index is 8.99. The number of aliphatic hydroxyl groups excluding tert-OH is 1. The van der Waals surface area contributed by atoms with Crippen LogP contribution in [0.25, 0.3) is 0 Å². The molecular formula is C10H20N2O2S. The molecule has 1 unspecified atom stereocenters. The fourth-order valence-electron chi connectivity index (χ4n) is 1.42. The van der Waals surface area contributed by atoms with E-state index >= 15 is 0 Å². The summed E-state index contributed by atoms with van der Waals surface area (Å²) in [5.74, 6) is 0.581. The summed E-state index contributed by atoms with van der Waals surface area (Å²) in [6.45, 7) is 7.36. The highest BCUT2D eigenvalue weighted by atomic mass is 32.1. The number of rotatable bonds is 3. The molecule has 4 nitrogen and oxygen atoms in total. The molecule has 1 saturated heterocycles. The van der Waals surface area contributed by atoms with Gasteiger partial charge in [-0.1, -0.05) is 13.8 Å². The number of ether oxygens (including phenoxy) is 1. The Bertz CT molecular complexity index is 212. The fourth-order valence-corrected chi connectivity index (χ4v) is 1.67. The number of thiocarbonyl (C=S) groups is 1. The van der Waals surface area contributed by atoms with Crippen molar-refractivity contribution in [1.82, 2.24) is 10.2 Å². The van der Waals surface area contributed by atoms with E-state index in [1.54, 1.807) is 0 Å². The molecule has 5 heteroatoms. The van der Waals surface area contributed by atoms with Gasteiger partial charge in [-0.05, 0) is 18.1 Å². The molecule has 0 aromatic carbocycles. The number of aliphatic hydroxyl groups is 1. The van der Waals surface area contributed by atoms with Crippen molar-refractivity contribution >= 4 is 17.3 Å². The fraction of sp³-hybridized carbons (Fsp3) is 0.900. The van der Waals surface area contributed by atoms with Crippen LogP contribution in [0.3, 0.4) is 0 Å². The maximum Gasteiger partial charge on any atom is 0.169 e. The maximum atomic E-state index is 8.99. The predicted molar refractivity (Wildman–Crippen MR) is 63.8 cm³/mol. The van der Waals surface area contributed by atoms with Gasteiger partial charge in [0.2, 0.25) is 0 Å². The average molecular weight is 232 g/mol. The van der Waals surface area contributed by atoms with Crippen LogP contribution in [0.4, 0.5) is 0 Å². The first-order valence-electron chi connectivity index (χ1n) is 5.38. The molecule has 1 aliphatic heterocycles. The Morgan fingerprint density at radius 3 is 3.00 bits per heavy atom. The normalized spacial score (nSPS) is 21.9. The molecular weight excluding hydrogens is 212 g/mol. The van der Waals surface area contributed by atoms with Crippen molar-refractivity contribution < 1.29 is 9.84 Å². The van der Waals surface area contributed by atoms with E-state index in [0.717, 1.165) is 18.2 Å². The molecule has 1 rings (SSSR count). The highest BCUT2D eigenvalue weighted by molar-refractivity contribution is 7.80. The first-order chi connectivity index (χ1) is 7.13. The molecule has 1 aliphatic rings. The summed E-state index contributed by atoms with van der Waals surface area (Å²) in [6, 6.07) is 0. The Labute approximate surface area is 96.6 Å². The van der Waals surface area contributed by atoms with Gasteiger partial charge in [-0.25, -0.2) is 0 Å². The summed E-state index contributed by atoms with van der Waals surface area (Å²) in [6.07, 6.45) is -0.0995. The van der Waals surface area contributed by atoms with Crippen LogP contribution in [-0.4, -0.2) is 54.1 Å². The summed E-state index contributed by atoms with van der Waals surface area (Å²) in [4.78, 5) is 2.06. The van der Waals surface area contributed by atoms with Gasteiger partial charge >= 0.3 is 0 Å².